The molecule has 2 aliphatic carbocycles. The molecular formula is C18H34N4O2S. The maximum absolute atomic E-state index is 12.1. The minimum atomic E-state index is -0.709. The third-order valence-corrected chi connectivity index (χ3v) is 6.48. The summed E-state index contributed by atoms with van der Waals surface area (Å²) < 4.78 is 12.1. The average molecular weight is 371 g/mol. The second-order valence-electron chi connectivity index (χ2n) is 7.01. The summed E-state index contributed by atoms with van der Waals surface area (Å²) in [5, 5.41) is 10.1. The van der Waals surface area contributed by atoms with Crippen molar-refractivity contribution in [2.75, 3.05) is 18.8 Å². The first-order chi connectivity index (χ1) is 12.1. The van der Waals surface area contributed by atoms with Gasteiger partial charge in [-0.1, -0.05) is 13.3 Å². The van der Waals surface area contributed by atoms with Gasteiger partial charge in [-0.3, -0.25) is 14.0 Å². The molecule has 3 N–H and O–H groups in total. The predicted molar refractivity (Wildman–Crippen MR) is 104 cm³/mol. The number of carbonyl (C=O) groups excluding carboxylic acids is 1. The standard InChI is InChI=1S/C18H34N4O2S/c1-3-19-18(20-12-6-9-17(23)21-14-10-11-14)22-15-7-5-8-16(13-15)25(24)4-2/h14-16H,3-13H2,1-2H3,(H,21,23)(H2,19,20,22). The summed E-state index contributed by atoms with van der Waals surface area (Å²) >= 11 is 0. The van der Waals surface area contributed by atoms with Gasteiger partial charge in [0.1, 0.15) is 0 Å². The van der Waals surface area contributed by atoms with Crippen molar-refractivity contribution >= 4 is 22.7 Å². The van der Waals surface area contributed by atoms with Crippen molar-refractivity contribution < 1.29 is 9.00 Å². The molecule has 2 fully saturated rings. The van der Waals surface area contributed by atoms with E-state index < -0.39 is 10.8 Å². The van der Waals surface area contributed by atoms with Crippen molar-refractivity contribution in [3.05, 3.63) is 0 Å². The van der Waals surface area contributed by atoms with Crippen LogP contribution in [-0.4, -0.2) is 52.3 Å². The molecule has 3 unspecified atom stereocenters. The number of carbonyl (C=O) groups is 1. The molecule has 0 aliphatic heterocycles. The molecule has 0 aromatic heterocycles. The first-order valence-corrected chi connectivity index (χ1v) is 11.2. The maximum atomic E-state index is 12.1. The van der Waals surface area contributed by atoms with E-state index in [1.54, 1.807) is 0 Å². The smallest absolute Gasteiger partial charge is 0.220 e. The molecule has 3 atom stereocenters. The van der Waals surface area contributed by atoms with E-state index in [9.17, 15) is 9.00 Å². The minimum Gasteiger partial charge on any atom is -0.357 e. The Balaban J connectivity index is 1.74. The van der Waals surface area contributed by atoms with Gasteiger partial charge in [0.2, 0.25) is 5.91 Å². The molecule has 0 heterocycles. The zero-order valence-corrected chi connectivity index (χ0v) is 16.5. The van der Waals surface area contributed by atoms with Crippen molar-refractivity contribution in [3.63, 3.8) is 0 Å². The van der Waals surface area contributed by atoms with Gasteiger partial charge in [0.05, 0.1) is 0 Å². The van der Waals surface area contributed by atoms with Gasteiger partial charge in [-0.15, -0.1) is 0 Å². The van der Waals surface area contributed by atoms with Crippen LogP contribution in [0, 0.1) is 0 Å². The highest BCUT2D eigenvalue weighted by molar-refractivity contribution is 7.85. The molecule has 144 valence electrons. The summed E-state index contributed by atoms with van der Waals surface area (Å²) in [6, 6.07) is 0.771. The van der Waals surface area contributed by atoms with Gasteiger partial charge in [0.15, 0.2) is 5.96 Å². The Bertz CT molecular complexity index is 480. The van der Waals surface area contributed by atoms with E-state index in [1.165, 1.54) is 0 Å². The van der Waals surface area contributed by atoms with Crippen LogP contribution in [0.4, 0.5) is 0 Å². The lowest BCUT2D eigenvalue weighted by Gasteiger charge is -2.30. The third kappa shape index (κ3) is 7.75. The normalized spacial score (nSPS) is 25.3. The van der Waals surface area contributed by atoms with Gasteiger partial charge >= 0.3 is 0 Å². The topological polar surface area (TPSA) is 82.6 Å². The highest BCUT2D eigenvalue weighted by Gasteiger charge is 2.26. The zero-order chi connectivity index (χ0) is 18.1. The summed E-state index contributed by atoms with van der Waals surface area (Å²) in [4.78, 5) is 16.3. The van der Waals surface area contributed by atoms with E-state index >= 15 is 0 Å². The molecule has 2 aliphatic rings. The van der Waals surface area contributed by atoms with Crippen LogP contribution in [0.25, 0.3) is 0 Å². The Labute approximate surface area is 154 Å². The largest absolute Gasteiger partial charge is 0.357 e. The number of rotatable bonds is 9. The molecule has 0 saturated heterocycles. The summed E-state index contributed by atoms with van der Waals surface area (Å²) in [5.74, 6) is 1.71. The van der Waals surface area contributed by atoms with Gasteiger partial charge in [-0.05, 0) is 45.4 Å². The fraction of sp³-hybridized carbons (Fsp3) is 0.889. The van der Waals surface area contributed by atoms with Crippen molar-refractivity contribution in [2.45, 2.75) is 82.5 Å². The number of nitrogens with zero attached hydrogens (tertiary/aromatic N) is 1. The van der Waals surface area contributed by atoms with E-state index in [2.05, 4.69) is 27.9 Å². The Kier molecular flexibility index (Phi) is 8.72. The van der Waals surface area contributed by atoms with E-state index in [4.69, 9.17) is 0 Å². The molecular weight excluding hydrogens is 336 g/mol. The van der Waals surface area contributed by atoms with Crippen LogP contribution in [0.1, 0.15) is 65.2 Å². The van der Waals surface area contributed by atoms with Crippen LogP contribution in [0.15, 0.2) is 4.99 Å². The lowest BCUT2D eigenvalue weighted by Crippen LogP contribution is -2.46. The van der Waals surface area contributed by atoms with Gasteiger partial charge < -0.3 is 16.0 Å². The number of nitrogens with one attached hydrogen (secondary N) is 3. The first-order valence-electron chi connectivity index (χ1n) is 9.83. The Morgan fingerprint density at radius 1 is 1.12 bits per heavy atom. The monoisotopic (exact) mass is 370 g/mol. The Hall–Kier alpha value is -1.11. The molecule has 25 heavy (non-hydrogen) atoms. The molecule has 0 aromatic carbocycles. The van der Waals surface area contributed by atoms with Crippen LogP contribution in [0.5, 0.6) is 0 Å². The van der Waals surface area contributed by atoms with Gasteiger partial charge in [0.25, 0.3) is 0 Å². The number of hydrogen-bond donors (Lipinski definition) is 3. The molecule has 0 radical (unpaired) electrons. The molecule has 2 saturated carbocycles. The van der Waals surface area contributed by atoms with Gasteiger partial charge in [-0.2, -0.15) is 0 Å². The SMILES string of the molecule is CCNC(=NCCCC(=O)NC1CC1)NC1CCCC(S(=O)CC)C1. The highest BCUT2D eigenvalue weighted by Crippen LogP contribution is 2.23. The van der Waals surface area contributed by atoms with E-state index in [0.717, 1.165) is 63.2 Å². The fourth-order valence-corrected chi connectivity index (χ4v) is 4.57. The molecule has 0 bridgehead atoms. The van der Waals surface area contributed by atoms with Crippen molar-refractivity contribution in [1.29, 1.82) is 0 Å². The number of amides is 1. The number of guanidine groups is 1. The molecule has 7 heteroatoms. The molecule has 6 nitrogen and oxygen atoms in total. The van der Waals surface area contributed by atoms with E-state index in [0.29, 0.717) is 30.3 Å². The Morgan fingerprint density at radius 2 is 1.92 bits per heavy atom. The quantitative estimate of drug-likeness (QED) is 0.328. The van der Waals surface area contributed by atoms with E-state index in [1.807, 2.05) is 6.92 Å². The molecule has 1 amide bonds. The average Bonchev–Trinajstić information content (AvgIpc) is 3.42. The van der Waals surface area contributed by atoms with Crippen LogP contribution in [-0.2, 0) is 15.6 Å². The summed E-state index contributed by atoms with van der Waals surface area (Å²) in [6.45, 7) is 5.50. The summed E-state index contributed by atoms with van der Waals surface area (Å²) in [7, 11) is -0.709. The van der Waals surface area contributed by atoms with Crippen LogP contribution < -0.4 is 16.0 Å². The molecule has 0 aromatic rings. The highest BCUT2D eigenvalue weighted by atomic mass is 32.2. The van der Waals surface area contributed by atoms with Crippen molar-refractivity contribution in [3.8, 4) is 0 Å². The van der Waals surface area contributed by atoms with Crippen LogP contribution in [0.2, 0.25) is 0 Å². The van der Waals surface area contributed by atoms with Crippen LogP contribution >= 0.6 is 0 Å². The summed E-state index contributed by atoms with van der Waals surface area (Å²) in [6.07, 6.45) is 7.81. The fourth-order valence-electron chi connectivity index (χ4n) is 3.22. The van der Waals surface area contributed by atoms with Gasteiger partial charge in [-0.25, -0.2) is 0 Å². The third-order valence-electron chi connectivity index (χ3n) is 4.74. The molecule has 0 spiro atoms. The van der Waals surface area contributed by atoms with Crippen LogP contribution in [0.3, 0.4) is 0 Å². The maximum Gasteiger partial charge on any atom is 0.220 e. The second kappa shape index (κ2) is 10.8. The van der Waals surface area contributed by atoms with Crippen molar-refractivity contribution in [1.82, 2.24) is 16.0 Å². The number of hydrogen-bond acceptors (Lipinski definition) is 3. The Morgan fingerprint density at radius 3 is 2.60 bits per heavy atom. The lowest BCUT2D eigenvalue weighted by molar-refractivity contribution is -0.121. The minimum absolute atomic E-state index is 0.146. The van der Waals surface area contributed by atoms with Crippen molar-refractivity contribution in [2.24, 2.45) is 4.99 Å². The second-order valence-corrected chi connectivity index (χ2v) is 9.01. The number of aliphatic imine (C=N–C) groups is 1. The lowest BCUT2D eigenvalue weighted by atomic mass is 9.95. The predicted octanol–water partition coefficient (Wildman–Crippen LogP) is 1.68. The molecule has 2 rings (SSSR count). The zero-order valence-electron chi connectivity index (χ0n) is 15.7. The summed E-state index contributed by atoms with van der Waals surface area (Å²) in [5.41, 5.74) is 0. The van der Waals surface area contributed by atoms with E-state index in [-0.39, 0.29) is 5.91 Å². The first kappa shape index (κ1) is 20.2. The van der Waals surface area contributed by atoms with Gasteiger partial charge in [0, 0.05) is 53.4 Å².